The standard InChI is InChI=1S/C18H23NO2/c1-13(19-3)18-16(20-4)11-8-12-17(18)21-14(2)15-9-6-5-7-10-15/h5-14,19H,1-4H3. The van der Waals surface area contributed by atoms with Gasteiger partial charge in [0, 0.05) is 6.04 Å². The summed E-state index contributed by atoms with van der Waals surface area (Å²) < 4.78 is 11.7. The molecule has 21 heavy (non-hydrogen) atoms. The number of benzene rings is 2. The van der Waals surface area contributed by atoms with Crippen LogP contribution in [0.1, 0.15) is 37.1 Å². The van der Waals surface area contributed by atoms with E-state index in [1.165, 1.54) is 0 Å². The van der Waals surface area contributed by atoms with Gasteiger partial charge in [-0.2, -0.15) is 0 Å². The molecule has 0 bridgehead atoms. The van der Waals surface area contributed by atoms with Gasteiger partial charge in [-0.3, -0.25) is 0 Å². The molecule has 0 spiro atoms. The van der Waals surface area contributed by atoms with E-state index in [0.717, 1.165) is 22.6 Å². The highest BCUT2D eigenvalue weighted by Crippen LogP contribution is 2.36. The van der Waals surface area contributed by atoms with Crippen LogP contribution < -0.4 is 14.8 Å². The monoisotopic (exact) mass is 285 g/mol. The van der Waals surface area contributed by atoms with Crippen molar-refractivity contribution in [2.45, 2.75) is 26.0 Å². The minimum Gasteiger partial charge on any atom is -0.496 e. The van der Waals surface area contributed by atoms with Gasteiger partial charge in [0.15, 0.2) is 0 Å². The Balaban J connectivity index is 2.31. The van der Waals surface area contributed by atoms with Gasteiger partial charge in [0.05, 0.1) is 12.7 Å². The molecule has 1 N–H and O–H groups in total. The zero-order valence-electron chi connectivity index (χ0n) is 13.1. The van der Waals surface area contributed by atoms with Crippen LogP contribution in [0.5, 0.6) is 11.5 Å². The van der Waals surface area contributed by atoms with Gasteiger partial charge < -0.3 is 14.8 Å². The van der Waals surface area contributed by atoms with E-state index in [0.29, 0.717) is 0 Å². The van der Waals surface area contributed by atoms with Crippen molar-refractivity contribution in [3.63, 3.8) is 0 Å². The summed E-state index contributed by atoms with van der Waals surface area (Å²) in [6.07, 6.45) is -0.0129. The van der Waals surface area contributed by atoms with Crippen molar-refractivity contribution in [2.24, 2.45) is 0 Å². The van der Waals surface area contributed by atoms with Crippen LogP contribution in [0.4, 0.5) is 0 Å². The van der Waals surface area contributed by atoms with Crippen LogP contribution in [-0.4, -0.2) is 14.2 Å². The molecule has 112 valence electrons. The lowest BCUT2D eigenvalue weighted by atomic mass is 10.1. The molecule has 0 aromatic heterocycles. The zero-order chi connectivity index (χ0) is 15.2. The lowest BCUT2D eigenvalue weighted by molar-refractivity contribution is 0.221. The molecule has 0 heterocycles. The van der Waals surface area contributed by atoms with E-state index >= 15 is 0 Å². The van der Waals surface area contributed by atoms with E-state index in [1.807, 2.05) is 43.4 Å². The molecule has 0 aliphatic carbocycles. The SMILES string of the molecule is CNC(C)c1c(OC)cccc1OC(C)c1ccccc1. The summed E-state index contributed by atoms with van der Waals surface area (Å²) >= 11 is 0. The first-order valence-electron chi connectivity index (χ1n) is 7.23. The van der Waals surface area contributed by atoms with Crippen LogP contribution in [0.2, 0.25) is 0 Å². The molecule has 3 heteroatoms. The van der Waals surface area contributed by atoms with Crippen molar-refractivity contribution in [2.75, 3.05) is 14.2 Å². The molecule has 2 atom stereocenters. The first-order chi connectivity index (χ1) is 10.2. The Labute approximate surface area is 126 Å². The normalized spacial score (nSPS) is 13.5. The molecule has 0 saturated heterocycles. The lowest BCUT2D eigenvalue weighted by Gasteiger charge is -2.22. The predicted octanol–water partition coefficient (Wildman–Crippen LogP) is 4.12. The highest BCUT2D eigenvalue weighted by Gasteiger charge is 2.18. The van der Waals surface area contributed by atoms with Crippen molar-refractivity contribution < 1.29 is 9.47 Å². The summed E-state index contributed by atoms with van der Waals surface area (Å²) in [7, 11) is 3.62. The number of hydrogen-bond donors (Lipinski definition) is 1. The highest BCUT2D eigenvalue weighted by atomic mass is 16.5. The summed E-state index contributed by atoms with van der Waals surface area (Å²) in [4.78, 5) is 0. The van der Waals surface area contributed by atoms with Gasteiger partial charge in [-0.1, -0.05) is 36.4 Å². The number of ether oxygens (including phenoxy) is 2. The van der Waals surface area contributed by atoms with Crippen LogP contribution >= 0.6 is 0 Å². The second kappa shape index (κ2) is 7.14. The van der Waals surface area contributed by atoms with Crippen LogP contribution in [-0.2, 0) is 0 Å². The van der Waals surface area contributed by atoms with Gasteiger partial charge in [-0.15, -0.1) is 0 Å². The minimum atomic E-state index is -0.0129. The van der Waals surface area contributed by atoms with Crippen molar-refractivity contribution in [1.82, 2.24) is 5.32 Å². The summed E-state index contributed by atoms with van der Waals surface area (Å²) in [5.74, 6) is 1.70. The van der Waals surface area contributed by atoms with Gasteiger partial charge in [-0.25, -0.2) is 0 Å². The Morgan fingerprint density at radius 2 is 1.57 bits per heavy atom. The number of rotatable bonds is 6. The van der Waals surface area contributed by atoms with Crippen LogP contribution in [0.15, 0.2) is 48.5 Å². The molecule has 0 amide bonds. The average molecular weight is 285 g/mol. The third kappa shape index (κ3) is 3.56. The Morgan fingerprint density at radius 1 is 0.905 bits per heavy atom. The molecule has 2 unspecified atom stereocenters. The second-order valence-electron chi connectivity index (χ2n) is 5.05. The average Bonchev–Trinajstić information content (AvgIpc) is 2.54. The van der Waals surface area contributed by atoms with Crippen molar-refractivity contribution in [3.05, 3.63) is 59.7 Å². The minimum absolute atomic E-state index is 0.0129. The summed E-state index contributed by atoms with van der Waals surface area (Å²) in [6.45, 7) is 4.15. The topological polar surface area (TPSA) is 30.5 Å². The fourth-order valence-electron chi connectivity index (χ4n) is 2.36. The summed E-state index contributed by atoms with van der Waals surface area (Å²) in [6, 6.07) is 16.3. The molecule has 3 nitrogen and oxygen atoms in total. The van der Waals surface area contributed by atoms with E-state index in [1.54, 1.807) is 7.11 Å². The Kier molecular flexibility index (Phi) is 5.23. The quantitative estimate of drug-likeness (QED) is 0.866. The molecule has 2 rings (SSSR count). The van der Waals surface area contributed by atoms with Gasteiger partial charge in [0.2, 0.25) is 0 Å². The van der Waals surface area contributed by atoms with E-state index in [-0.39, 0.29) is 12.1 Å². The maximum atomic E-state index is 6.18. The molecule has 0 aliphatic heterocycles. The molecular weight excluding hydrogens is 262 g/mol. The van der Waals surface area contributed by atoms with Crippen LogP contribution in [0.3, 0.4) is 0 Å². The van der Waals surface area contributed by atoms with E-state index < -0.39 is 0 Å². The summed E-state index contributed by atoms with van der Waals surface area (Å²) in [5, 5.41) is 3.25. The lowest BCUT2D eigenvalue weighted by Crippen LogP contribution is -2.15. The molecule has 2 aromatic carbocycles. The van der Waals surface area contributed by atoms with Crippen molar-refractivity contribution in [3.8, 4) is 11.5 Å². The second-order valence-corrected chi connectivity index (χ2v) is 5.05. The zero-order valence-corrected chi connectivity index (χ0v) is 13.1. The third-order valence-electron chi connectivity index (χ3n) is 3.68. The Morgan fingerprint density at radius 3 is 2.19 bits per heavy atom. The van der Waals surface area contributed by atoms with Gasteiger partial charge >= 0.3 is 0 Å². The fourth-order valence-corrected chi connectivity index (χ4v) is 2.36. The van der Waals surface area contributed by atoms with Crippen molar-refractivity contribution >= 4 is 0 Å². The molecule has 0 saturated carbocycles. The van der Waals surface area contributed by atoms with Gasteiger partial charge in [0.1, 0.15) is 17.6 Å². The molecule has 2 aromatic rings. The summed E-state index contributed by atoms with van der Waals surface area (Å²) in [5.41, 5.74) is 2.20. The molecular formula is C18H23NO2. The number of hydrogen-bond acceptors (Lipinski definition) is 3. The van der Waals surface area contributed by atoms with E-state index in [4.69, 9.17) is 9.47 Å². The Hall–Kier alpha value is -2.00. The van der Waals surface area contributed by atoms with Crippen LogP contribution in [0, 0.1) is 0 Å². The largest absolute Gasteiger partial charge is 0.496 e. The maximum Gasteiger partial charge on any atom is 0.128 e. The van der Waals surface area contributed by atoms with Crippen LogP contribution in [0.25, 0.3) is 0 Å². The molecule has 0 aliphatic rings. The Bertz CT molecular complexity index is 569. The third-order valence-corrected chi connectivity index (χ3v) is 3.68. The predicted molar refractivity (Wildman–Crippen MR) is 86.0 cm³/mol. The number of nitrogens with one attached hydrogen (secondary N) is 1. The van der Waals surface area contributed by atoms with E-state index in [2.05, 4.69) is 31.3 Å². The number of methoxy groups -OCH3 is 1. The molecule has 0 radical (unpaired) electrons. The van der Waals surface area contributed by atoms with E-state index in [9.17, 15) is 0 Å². The van der Waals surface area contributed by atoms with Crippen molar-refractivity contribution in [1.29, 1.82) is 0 Å². The highest BCUT2D eigenvalue weighted by molar-refractivity contribution is 5.47. The first kappa shape index (κ1) is 15.4. The van der Waals surface area contributed by atoms with Gasteiger partial charge in [0.25, 0.3) is 0 Å². The first-order valence-corrected chi connectivity index (χ1v) is 7.23. The smallest absolute Gasteiger partial charge is 0.128 e. The molecule has 0 fully saturated rings. The fraction of sp³-hybridized carbons (Fsp3) is 0.333. The van der Waals surface area contributed by atoms with Gasteiger partial charge in [-0.05, 0) is 38.6 Å². The maximum absolute atomic E-state index is 6.18.